The molecular formula is C34H39F4N5O2. The van der Waals surface area contributed by atoms with E-state index in [1.165, 1.54) is 12.1 Å². The summed E-state index contributed by atoms with van der Waals surface area (Å²) in [4.78, 5) is 24.3. The van der Waals surface area contributed by atoms with Crippen LogP contribution in [0.15, 0.2) is 78.9 Å². The number of carbonyl (C=O) groups excluding carboxylic acids is 1. The Labute approximate surface area is 261 Å². The summed E-state index contributed by atoms with van der Waals surface area (Å²) in [6, 6.07) is 23.3. The molecule has 45 heavy (non-hydrogen) atoms. The molecule has 0 N–H and O–H groups in total. The van der Waals surface area contributed by atoms with E-state index >= 15 is 0 Å². The molecule has 1 aliphatic rings. The lowest BCUT2D eigenvalue weighted by atomic mass is 9.94. The van der Waals surface area contributed by atoms with Crippen molar-refractivity contribution in [1.29, 1.82) is 0 Å². The van der Waals surface area contributed by atoms with Gasteiger partial charge >= 0.3 is 6.18 Å². The molecule has 4 aromatic rings. The molecule has 0 radical (unpaired) electrons. The third kappa shape index (κ3) is 8.82. The third-order valence-electron chi connectivity index (χ3n) is 8.23. The number of rotatable bonds is 12. The smallest absolute Gasteiger partial charge is 0.370 e. The number of halogens is 4. The van der Waals surface area contributed by atoms with Gasteiger partial charge in [-0.3, -0.25) is 4.79 Å². The number of aromatic nitrogens is 2. The number of benzene rings is 3. The fourth-order valence-electron chi connectivity index (χ4n) is 5.91. The summed E-state index contributed by atoms with van der Waals surface area (Å²) in [5, 5.41) is 0. The van der Waals surface area contributed by atoms with Crippen LogP contribution in [-0.4, -0.2) is 91.0 Å². The zero-order chi connectivity index (χ0) is 31.8. The Morgan fingerprint density at radius 3 is 2.42 bits per heavy atom. The number of para-hydroxylation sites is 2. The van der Waals surface area contributed by atoms with Gasteiger partial charge in [0, 0.05) is 51.3 Å². The second-order valence-electron chi connectivity index (χ2n) is 11.5. The van der Waals surface area contributed by atoms with Crippen molar-refractivity contribution < 1.29 is 27.1 Å². The fraction of sp³-hybridized carbons (Fsp3) is 0.412. The summed E-state index contributed by atoms with van der Waals surface area (Å²) < 4.78 is 58.5. The van der Waals surface area contributed by atoms with Gasteiger partial charge in [-0.15, -0.1) is 0 Å². The van der Waals surface area contributed by atoms with Gasteiger partial charge < -0.3 is 24.0 Å². The number of imidazole rings is 1. The van der Waals surface area contributed by atoms with E-state index < -0.39 is 12.8 Å². The predicted molar refractivity (Wildman–Crippen MR) is 167 cm³/mol. The van der Waals surface area contributed by atoms with Gasteiger partial charge in [0.25, 0.3) is 5.91 Å². The summed E-state index contributed by atoms with van der Waals surface area (Å²) in [6.45, 7) is 3.34. The first-order chi connectivity index (χ1) is 21.7. The minimum atomic E-state index is -4.36. The van der Waals surface area contributed by atoms with Crippen molar-refractivity contribution in [2.75, 3.05) is 64.4 Å². The van der Waals surface area contributed by atoms with E-state index in [0.717, 1.165) is 61.6 Å². The molecule has 1 amide bonds. The maximum absolute atomic E-state index is 13.8. The molecular weight excluding hydrogens is 586 g/mol. The first kappa shape index (κ1) is 32.4. The molecule has 0 saturated carbocycles. The van der Waals surface area contributed by atoms with Crippen molar-refractivity contribution in [3.63, 3.8) is 0 Å². The van der Waals surface area contributed by atoms with Crippen LogP contribution in [-0.2, 0) is 11.3 Å². The van der Waals surface area contributed by atoms with Crippen molar-refractivity contribution in [3.8, 4) is 0 Å². The standard InChI is InChI=1S/C34H39F4N5O2/c1-40(32(44)27-8-3-2-4-9-27)24-28(26-12-14-29(35)15-13-26)16-19-41-17-7-18-42(21-20-41)33-39-30-10-5-6-11-31(30)43(33)22-23-45-25-34(36,37)38/h2-6,8-15,28H,7,16-25H2,1H3. The molecule has 0 bridgehead atoms. The number of fused-ring (bicyclic) bond motifs is 1. The van der Waals surface area contributed by atoms with E-state index in [1.807, 2.05) is 47.0 Å². The number of likely N-dealkylation sites (N-methyl/N-ethyl adjacent to an activating group) is 1. The normalized spacial score (nSPS) is 15.3. The van der Waals surface area contributed by atoms with Gasteiger partial charge in [0.1, 0.15) is 12.4 Å². The Morgan fingerprint density at radius 1 is 0.933 bits per heavy atom. The second kappa shape index (κ2) is 14.9. The topological polar surface area (TPSA) is 53.8 Å². The number of carbonyl (C=O) groups is 1. The Bertz CT molecular complexity index is 1530. The maximum Gasteiger partial charge on any atom is 0.411 e. The molecule has 11 heteroatoms. The van der Waals surface area contributed by atoms with E-state index in [0.29, 0.717) is 18.7 Å². The number of nitrogens with zero attached hydrogens (tertiary/aromatic N) is 5. The van der Waals surface area contributed by atoms with E-state index in [-0.39, 0.29) is 30.8 Å². The molecule has 7 nitrogen and oxygen atoms in total. The third-order valence-corrected chi connectivity index (χ3v) is 8.23. The van der Waals surface area contributed by atoms with Crippen molar-refractivity contribution in [3.05, 3.63) is 95.8 Å². The zero-order valence-electron chi connectivity index (χ0n) is 25.4. The van der Waals surface area contributed by atoms with Gasteiger partial charge in [-0.2, -0.15) is 13.2 Å². The van der Waals surface area contributed by atoms with Gasteiger partial charge in [0.05, 0.1) is 17.6 Å². The predicted octanol–water partition coefficient (Wildman–Crippen LogP) is 6.21. The van der Waals surface area contributed by atoms with Crippen LogP contribution in [0, 0.1) is 5.82 Å². The Balaban J connectivity index is 1.24. The van der Waals surface area contributed by atoms with Crippen LogP contribution in [0.2, 0.25) is 0 Å². The lowest BCUT2D eigenvalue weighted by Gasteiger charge is -2.28. The fourth-order valence-corrected chi connectivity index (χ4v) is 5.91. The SMILES string of the molecule is CN(CC(CCN1CCCN(c2nc3ccccc3n2CCOCC(F)(F)F)CC1)c1ccc(F)cc1)C(=O)c1ccccc1. The van der Waals surface area contributed by atoms with Crippen molar-refractivity contribution in [2.24, 2.45) is 0 Å². The lowest BCUT2D eigenvalue weighted by molar-refractivity contribution is -0.174. The summed E-state index contributed by atoms with van der Waals surface area (Å²) in [5.74, 6) is 0.402. The summed E-state index contributed by atoms with van der Waals surface area (Å²) in [5.41, 5.74) is 3.27. The number of amides is 1. The van der Waals surface area contributed by atoms with Crippen molar-refractivity contribution in [1.82, 2.24) is 19.4 Å². The highest BCUT2D eigenvalue weighted by Gasteiger charge is 2.28. The number of alkyl halides is 3. The Kier molecular flexibility index (Phi) is 10.7. The van der Waals surface area contributed by atoms with Crippen LogP contribution in [0.1, 0.15) is 34.7 Å². The van der Waals surface area contributed by atoms with Gasteiger partial charge in [0.2, 0.25) is 5.95 Å². The highest BCUT2D eigenvalue weighted by atomic mass is 19.4. The molecule has 0 spiro atoms. The first-order valence-electron chi connectivity index (χ1n) is 15.3. The molecule has 240 valence electrons. The van der Waals surface area contributed by atoms with Crippen molar-refractivity contribution in [2.45, 2.75) is 31.5 Å². The van der Waals surface area contributed by atoms with E-state index in [9.17, 15) is 22.4 Å². The minimum absolute atomic E-state index is 0.0171. The van der Waals surface area contributed by atoms with Gasteiger partial charge in [-0.05, 0) is 67.9 Å². The lowest BCUT2D eigenvalue weighted by Crippen LogP contribution is -2.35. The Hall–Kier alpha value is -3.96. The summed E-state index contributed by atoms with van der Waals surface area (Å²) in [6.07, 6.45) is -2.69. The van der Waals surface area contributed by atoms with Crippen LogP contribution in [0.5, 0.6) is 0 Å². The van der Waals surface area contributed by atoms with Crippen molar-refractivity contribution >= 4 is 22.9 Å². The number of anilines is 1. The minimum Gasteiger partial charge on any atom is -0.370 e. The highest BCUT2D eigenvalue weighted by Crippen LogP contribution is 2.26. The van der Waals surface area contributed by atoms with Crippen LogP contribution in [0.3, 0.4) is 0 Å². The number of hydrogen-bond donors (Lipinski definition) is 0. The van der Waals surface area contributed by atoms with Crippen LogP contribution in [0.25, 0.3) is 11.0 Å². The zero-order valence-corrected chi connectivity index (χ0v) is 25.4. The summed E-state index contributed by atoms with van der Waals surface area (Å²) >= 11 is 0. The van der Waals surface area contributed by atoms with Crippen LogP contribution >= 0.6 is 0 Å². The van der Waals surface area contributed by atoms with E-state index in [4.69, 9.17) is 9.72 Å². The first-order valence-corrected chi connectivity index (χ1v) is 15.3. The quantitative estimate of drug-likeness (QED) is 0.138. The molecule has 0 aliphatic carbocycles. The van der Waals surface area contributed by atoms with E-state index in [2.05, 4.69) is 9.80 Å². The molecule has 3 aromatic carbocycles. The molecule has 1 unspecified atom stereocenters. The van der Waals surface area contributed by atoms with Gasteiger partial charge in [0.15, 0.2) is 0 Å². The molecule has 5 rings (SSSR count). The monoisotopic (exact) mass is 625 g/mol. The highest BCUT2D eigenvalue weighted by molar-refractivity contribution is 5.94. The van der Waals surface area contributed by atoms with Gasteiger partial charge in [-0.25, -0.2) is 9.37 Å². The molecule has 2 heterocycles. The van der Waals surface area contributed by atoms with Gasteiger partial charge in [-0.1, -0.05) is 42.5 Å². The largest absolute Gasteiger partial charge is 0.411 e. The van der Waals surface area contributed by atoms with Crippen LogP contribution < -0.4 is 4.90 Å². The molecule has 1 fully saturated rings. The molecule has 1 atom stereocenters. The Morgan fingerprint density at radius 2 is 1.67 bits per heavy atom. The number of ether oxygens (including phenoxy) is 1. The average molecular weight is 626 g/mol. The second-order valence-corrected chi connectivity index (χ2v) is 11.5. The van der Waals surface area contributed by atoms with Crippen LogP contribution in [0.4, 0.5) is 23.5 Å². The summed E-state index contributed by atoms with van der Waals surface area (Å²) in [7, 11) is 1.80. The maximum atomic E-state index is 13.8. The number of hydrogen-bond acceptors (Lipinski definition) is 5. The molecule has 1 aliphatic heterocycles. The van der Waals surface area contributed by atoms with E-state index in [1.54, 1.807) is 36.2 Å². The average Bonchev–Trinajstić information content (AvgIpc) is 3.23. The molecule has 1 aromatic heterocycles. The molecule has 1 saturated heterocycles.